The molecule has 0 atom stereocenters. The Kier molecular flexibility index (Phi) is 11.4. The molecule has 1 heterocycles. The predicted octanol–water partition coefficient (Wildman–Crippen LogP) is 3.37. The molecule has 0 unspecified atom stereocenters. The van der Waals surface area contributed by atoms with E-state index in [0.717, 1.165) is 0 Å². The number of aromatic carboxylic acids is 1. The smallest absolute Gasteiger partial charge is 0.336 e. The lowest BCUT2D eigenvalue weighted by Gasteiger charge is -2.18. The van der Waals surface area contributed by atoms with Crippen LogP contribution in [0.1, 0.15) is 20.7 Å². The average Bonchev–Trinajstić information content (AvgIpc) is 3.07. The van der Waals surface area contributed by atoms with E-state index in [1.807, 2.05) is 0 Å². The van der Waals surface area contributed by atoms with E-state index in [-0.39, 0.29) is 69.3 Å². The molecule has 3 aromatic rings. The number of nitrogens with two attached hydrogens (primary N) is 1. The van der Waals surface area contributed by atoms with E-state index < -0.39 is 16.0 Å². The van der Waals surface area contributed by atoms with Crippen LogP contribution in [0, 0.1) is 0 Å². The van der Waals surface area contributed by atoms with Crippen molar-refractivity contribution in [1.82, 2.24) is 10.6 Å². The van der Waals surface area contributed by atoms with Crippen LogP contribution in [0.15, 0.2) is 93.0 Å². The summed E-state index contributed by atoms with van der Waals surface area (Å²) in [6.07, 6.45) is 0. The summed E-state index contributed by atoms with van der Waals surface area (Å²) in [5.41, 5.74) is 2.16. The molecule has 0 saturated heterocycles. The number of fused-ring (bicyclic) bond motifs is 2. The summed E-state index contributed by atoms with van der Waals surface area (Å²) in [5.74, 6) is -1.35. The summed E-state index contributed by atoms with van der Waals surface area (Å²) in [5, 5.41) is 34.7. The molecule has 50 heavy (non-hydrogen) atoms. The molecule has 5 rings (SSSR count). The van der Waals surface area contributed by atoms with Gasteiger partial charge in [-0.2, -0.15) is 0 Å². The van der Waals surface area contributed by atoms with Crippen LogP contribution in [-0.4, -0.2) is 75.1 Å². The normalized spacial score (nSPS) is 11.4. The SMILES string of the molecule is NS(=O)(=O)c1ccc(C(=O)NCCOCCOCCNC(=S)Nc2ccc(-c3c4ccc(=O)cc-4oc4cc(O)ccc34)c(C(=O)O)c2)cc1. The van der Waals surface area contributed by atoms with Crippen LogP contribution < -0.4 is 26.5 Å². The van der Waals surface area contributed by atoms with E-state index in [1.165, 1.54) is 54.6 Å². The van der Waals surface area contributed by atoms with Crippen molar-refractivity contribution in [3.63, 3.8) is 0 Å². The lowest BCUT2D eigenvalue weighted by Crippen LogP contribution is -2.31. The van der Waals surface area contributed by atoms with Crippen LogP contribution >= 0.6 is 12.2 Å². The molecule has 2 aliphatic rings. The minimum Gasteiger partial charge on any atom is -0.508 e. The second-order valence-electron chi connectivity index (χ2n) is 10.8. The first-order chi connectivity index (χ1) is 23.9. The Hall–Kier alpha value is -5.39. The Morgan fingerprint density at radius 3 is 2.20 bits per heavy atom. The summed E-state index contributed by atoms with van der Waals surface area (Å²) in [6, 6.07) is 18.8. The average molecular weight is 721 g/mol. The second-order valence-corrected chi connectivity index (χ2v) is 12.8. The van der Waals surface area contributed by atoms with Crippen LogP contribution in [0.4, 0.5) is 5.69 Å². The third-order valence-corrected chi connectivity index (χ3v) is 8.51. The van der Waals surface area contributed by atoms with Gasteiger partial charge in [-0.05, 0) is 78.4 Å². The van der Waals surface area contributed by atoms with Crippen LogP contribution in [0.3, 0.4) is 0 Å². The topological polar surface area (TPSA) is 220 Å². The van der Waals surface area contributed by atoms with E-state index in [0.29, 0.717) is 47.5 Å². The van der Waals surface area contributed by atoms with E-state index in [1.54, 1.807) is 24.3 Å². The van der Waals surface area contributed by atoms with Gasteiger partial charge >= 0.3 is 5.97 Å². The zero-order chi connectivity index (χ0) is 35.8. The monoisotopic (exact) mass is 720 g/mol. The molecule has 16 heteroatoms. The molecular formula is C34H32N4O10S2. The molecule has 7 N–H and O–H groups in total. The van der Waals surface area contributed by atoms with Gasteiger partial charge < -0.3 is 40.1 Å². The van der Waals surface area contributed by atoms with Crippen molar-refractivity contribution >= 4 is 55.9 Å². The fourth-order valence-electron chi connectivity index (χ4n) is 5.04. The number of carboxylic acid groups (broad SMARTS) is 1. The molecule has 0 aromatic heterocycles. The van der Waals surface area contributed by atoms with Crippen molar-refractivity contribution in [2.24, 2.45) is 5.14 Å². The number of hydrogen-bond donors (Lipinski definition) is 6. The van der Waals surface area contributed by atoms with Gasteiger partial charge in [-0.3, -0.25) is 9.59 Å². The van der Waals surface area contributed by atoms with Gasteiger partial charge in [-0.1, -0.05) is 6.07 Å². The Bertz CT molecular complexity index is 2190. The van der Waals surface area contributed by atoms with Crippen LogP contribution in [-0.2, 0) is 19.5 Å². The standard InChI is InChI=1S/C34H32N4O10S2/c35-50(44,45)24-6-1-20(2-7-24)32(41)36-11-13-46-15-16-47-14-12-37-34(49)38-21-3-8-25(28(17-21)33(42)43)31-26-9-4-22(39)18-29(26)48-30-19-23(40)5-10-27(30)31/h1-10,17-19,39H,11-16H2,(H,36,41)(H,42,43)(H2,35,44,45)(H2,37,38,49). The van der Waals surface area contributed by atoms with Crippen molar-refractivity contribution in [2.75, 3.05) is 44.8 Å². The van der Waals surface area contributed by atoms with E-state index in [2.05, 4.69) is 16.0 Å². The first-order valence-corrected chi connectivity index (χ1v) is 17.0. The Labute approximate surface area is 291 Å². The molecule has 1 amide bonds. The Morgan fingerprint density at radius 1 is 0.840 bits per heavy atom. The third kappa shape index (κ3) is 8.99. The van der Waals surface area contributed by atoms with Gasteiger partial charge in [0.25, 0.3) is 5.91 Å². The molecule has 260 valence electrons. The molecule has 0 bridgehead atoms. The number of primary sulfonamides is 1. The van der Waals surface area contributed by atoms with Crippen molar-refractivity contribution in [1.29, 1.82) is 0 Å². The number of rotatable bonds is 14. The van der Waals surface area contributed by atoms with Crippen LogP contribution in [0.2, 0.25) is 0 Å². The minimum absolute atomic E-state index is 0.0208. The summed E-state index contributed by atoms with van der Waals surface area (Å²) in [4.78, 5) is 36.6. The highest BCUT2D eigenvalue weighted by molar-refractivity contribution is 7.89. The fourth-order valence-corrected chi connectivity index (χ4v) is 5.77. The maximum absolute atomic E-state index is 12.4. The maximum Gasteiger partial charge on any atom is 0.336 e. The Balaban J connectivity index is 1.08. The molecule has 0 fully saturated rings. The predicted molar refractivity (Wildman–Crippen MR) is 189 cm³/mol. The lowest BCUT2D eigenvalue weighted by molar-refractivity contribution is 0.0502. The number of carbonyl (C=O) groups excluding carboxylic acids is 1. The largest absolute Gasteiger partial charge is 0.508 e. The van der Waals surface area contributed by atoms with Gasteiger partial charge in [0, 0.05) is 53.0 Å². The van der Waals surface area contributed by atoms with E-state index >= 15 is 0 Å². The number of carboxylic acids is 1. The quantitative estimate of drug-likeness (QED) is 0.0551. The second kappa shape index (κ2) is 15.9. The zero-order valence-corrected chi connectivity index (χ0v) is 27.9. The number of hydrogen-bond acceptors (Lipinski definition) is 10. The highest BCUT2D eigenvalue weighted by atomic mass is 32.2. The van der Waals surface area contributed by atoms with Crippen molar-refractivity contribution in [2.45, 2.75) is 4.90 Å². The number of ether oxygens (including phenoxy) is 2. The molecule has 0 radical (unpaired) electrons. The van der Waals surface area contributed by atoms with Crippen molar-refractivity contribution in [3.05, 3.63) is 100 Å². The molecular weight excluding hydrogens is 689 g/mol. The third-order valence-electron chi connectivity index (χ3n) is 7.34. The lowest BCUT2D eigenvalue weighted by atomic mass is 9.90. The highest BCUT2D eigenvalue weighted by Gasteiger charge is 2.22. The zero-order valence-electron chi connectivity index (χ0n) is 26.3. The van der Waals surface area contributed by atoms with Gasteiger partial charge in [0.1, 0.15) is 17.1 Å². The number of phenols is 1. The number of sulfonamides is 1. The first-order valence-electron chi connectivity index (χ1n) is 15.1. The van der Waals surface area contributed by atoms with E-state index in [9.17, 15) is 33.0 Å². The van der Waals surface area contributed by atoms with E-state index in [4.69, 9.17) is 31.2 Å². The summed E-state index contributed by atoms with van der Waals surface area (Å²) in [7, 11) is -3.83. The fraction of sp³-hybridized carbons (Fsp3) is 0.176. The van der Waals surface area contributed by atoms with Gasteiger partial charge in [0.05, 0.1) is 36.9 Å². The van der Waals surface area contributed by atoms with Crippen molar-refractivity contribution in [3.8, 4) is 28.2 Å². The molecule has 3 aromatic carbocycles. The maximum atomic E-state index is 12.4. The molecule has 14 nitrogen and oxygen atoms in total. The molecule has 0 saturated carbocycles. The first kappa shape index (κ1) is 35.9. The number of thiocarbonyl (C=S) groups is 1. The summed E-state index contributed by atoms with van der Waals surface area (Å²) in [6.45, 7) is 1.71. The van der Waals surface area contributed by atoms with Gasteiger partial charge in [-0.15, -0.1) is 0 Å². The minimum atomic E-state index is -3.83. The molecule has 1 aliphatic heterocycles. The summed E-state index contributed by atoms with van der Waals surface area (Å²) >= 11 is 5.37. The molecule has 0 spiro atoms. The number of carbonyl (C=O) groups is 2. The number of anilines is 1. The van der Waals surface area contributed by atoms with Crippen molar-refractivity contribution < 1.29 is 42.1 Å². The van der Waals surface area contributed by atoms with Crippen LogP contribution in [0.5, 0.6) is 5.75 Å². The highest BCUT2D eigenvalue weighted by Crippen LogP contribution is 2.42. The van der Waals surface area contributed by atoms with Crippen LogP contribution in [0.25, 0.3) is 33.4 Å². The van der Waals surface area contributed by atoms with Gasteiger partial charge in [0.15, 0.2) is 10.5 Å². The number of nitrogens with one attached hydrogen (secondary N) is 3. The van der Waals surface area contributed by atoms with Gasteiger partial charge in [-0.25, -0.2) is 18.4 Å². The number of amides is 1. The number of aromatic hydroxyl groups is 1. The number of phenolic OH excluding ortho intramolecular Hbond substituents is 1. The summed E-state index contributed by atoms with van der Waals surface area (Å²) < 4.78 is 39.5. The number of benzene rings is 4. The Morgan fingerprint density at radius 2 is 1.52 bits per heavy atom. The molecule has 1 aliphatic carbocycles. The van der Waals surface area contributed by atoms with Gasteiger partial charge in [0.2, 0.25) is 10.0 Å².